The van der Waals surface area contributed by atoms with E-state index in [2.05, 4.69) is 32.9 Å². The largest absolute Gasteiger partial charge is 0.497 e. The summed E-state index contributed by atoms with van der Waals surface area (Å²) in [4.78, 5) is 0. The van der Waals surface area contributed by atoms with E-state index in [-0.39, 0.29) is 5.41 Å². The van der Waals surface area contributed by atoms with E-state index in [0.717, 1.165) is 5.75 Å². The molecule has 0 bridgehead atoms. The molecule has 0 aromatic heterocycles. The minimum absolute atomic E-state index is 0.0901. The number of rotatable bonds is 3. The second-order valence-corrected chi connectivity index (χ2v) is 5.82. The van der Waals surface area contributed by atoms with Crippen molar-refractivity contribution in [3.63, 3.8) is 0 Å². The fourth-order valence-electron chi connectivity index (χ4n) is 1.93. The average molecular weight is 271 g/mol. The zero-order valence-electron chi connectivity index (χ0n) is 12.4. The van der Waals surface area contributed by atoms with Crippen LogP contribution in [0.25, 0.3) is 0 Å². The molecule has 0 aliphatic heterocycles. The molecule has 0 spiro atoms. The SMILES string of the molecule is COc1cc(N)cc(Oc2cccc(C(C)(C)C)c2)c1. The normalized spacial score (nSPS) is 11.2. The lowest BCUT2D eigenvalue weighted by atomic mass is 9.87. The Morgan fingerprint density at radius 3 is 2.25 bits per heavy atom. The van der Waals surface area contributed by atoms with E-state index in [1.807, 2.05) is 18.2 Å². The first-order valence-electron chi connectivity index (χ1n) is 6.61. The van der Waals surface area contributed by atoms with Crippen molar-refractivity contribution in [1.29, 1.82) is 0 Å². The maximum Gasteiger partial charge on any atom is 0.133 e. The summed E-state index contributed by atoms with van der Waals surface area (Å²) in [6.07, 6.45) is 0. The van der Waals surface area contributed by atoms with Crippen molar-refractivity contribution in [3.8, 4) is 17.2 Å². The predicted octanol–water partition coefficient (Wildman–Crippen LogP) is 4.37. The molecular formula is C17H21NO2. The molecule has 2 N–H and O–H groups in total. The second kappa shape index (κ2) is 5.45. The van der Waals surface area contributed by atoms with Gasteiger partial charge in [0.15, 0.2) is 0 Å². The zero-order valence-corrected chi connectivity index (χ0v) is 12.4. The highest BCUT2D eigenvalue weighted by Gasteiger charge is 2.14. The first-order chi connectivity index (χ1) is 9.38. The fourth-order valence-corrected chi connectivity index (χ4v) is 1.93. The topological polar surface area (TPSA) is 44.5 Å². The van der Waals surface area contributed by atoms with Crippen LogP contribution >= 0.6 is 0 Å². The maximum absolute atomic E-state index is 5.88. The monoisotopic (exact) mass is 271 g/mol. The zero-order chi connectivity index (χ0) is 14.8. The summed E-state index contributed by atoms with van der Waals surface area (Å²) in [5, 5.41) is 0. The summed E-state index contributed by atoms with van der Waals surface area (Å²) in [7, 11) is 1.61. The van der Waals surface area contributed by atoms with Gasteiger partial charge in [-0.1, -0.05) is 32.9 Å². The van der Waals surface area contributed by atoms with Crippen LogP contribution in [0.5, 0.6) is 17.2 Å². The van der Waals surface area contributed by atoms with Gasteiger partial charge in [0, 0.05) is 23.9 Å². The van der Waals surface area contributed by atoms with Crippen molar-refractivity contribution >= 4 is 5.69 Å². The van der Waals surface area contributed by atoms with E-state index >= 15 is 0 Å². The number of hydrogen-bond donors (Lipinski definition) is 1. The van der Waals surface area contributed by atoms with E-state index in [4.69, 9.17) is 15.2 Å². The van der Waals surface area contributed by atoms with Crippen LogP contribution in [-0.2, 0) is 5.41 Å². The molecule has 0 aliphatic carbocycles. The van der Waals surface area contributed by atoms with E-state index in [9.17, 15) is 0 Å². The number of methoxy groups -OCH3 is 1. The summed E-state index contributed by atoms with van der Waals surface area (Å²) in [6.45, 7) is 6.53. The maximum atomic E-state index is 5.88. The third kappa shape index (κ3) is 3.44. The van der Waals surface area contributed by atoms with E-state index in [0.29, 0.717) is 17.2 Å². The molecule has 0 radical (unpaired) electrons. The molecule has 0 heterocycles. The predicted molar refractivity (Wildman–Crippen MR) is 82.6 cm³/mol. The van der Waals surface area contributed by atoms with Crippen molar-refractivity contribution in [3.05, 3.63) is 48.0 Å². The summed E-state index contributed by atoms with van der Waals surface area (Å²) in [5.41, 5.74) is 7.76. The lowest BCUT2D eigenvalue weighted by Crippen LogP contribution is -2.10. The first kappa shape index (κ1) is 14.3. The molecule has 3 nitrogen and oxygen atoms in total. The van der Waals surface area contributed by atoms with Gasteiger partial charge in [-0.15, -0.1) is 0 Å². The molecule has 3 heteroatoms. The van der Waals surface area contributed by atoms with Gasteiger partial charge < -0.3 is 15.2 Å². The van der Waals surface area contributed by atoms with Crippen LogP contribution in [0, 0.1) is 0 Å². The number of nitrogens with two attached hydrogens (primary N) is 1. The number of hydrogen-bond acceptors (Lipinski definition) is 3. The van der Waals surface area contributed by atoms with E-state index in [1.54, 1.807) is 19.2 Å². The van der Waals surface area contributed by atoms with Crippen LogP contribution in [0.15, 0.2) is 42.5 Å². The number of nitrogen functional groups attached to an aromatic ring is 1. The number of ether oxygens (including phenoxy) is 2. The Kier molecular flexibility index (Phi) is 3.89. The lowest BCUT2D eigenvalue weighted by molar-refractivity contribution is 0.409. The van der Waals surface area contributed by atoms with Crippen LogP contribution in [0.4, 0.5) is 5.69 Å². The molecule has 0 unspecified atom stereocenters. The van der Waals surface area contributed by atoms with E-state index in [1.165, 1.54) is 5.56 Å². The van der Waals surface area contributed by atoms with Crippen LogP contribution in [-0.4, -0.2) is 7.11 Å². The quantitative estimate of drug-likeness (QED) is 0.843. The average Bonchev–Trinajstić information content (AvgIpc) is 2.37. The highest BCUT2D eigenvalue weighted by Crippen LogP contribution is 2.31. The minimum atomic E-state index is 0.0901. The minimum Gasteiger partial charge on any atom is -0.497 e. The van der Waals surface area contributed by atoms with Crippen molar-refractivity contribution in [1.82, 2.24) is 0 Å². The van der Waals surface area contributed by atoms with Gasteiger partial charge in [0.05, 0.1) is 7.11 Å². The molecule has 0 saturated heterocycles. The Hall–Kier alpha value is -2.16. The molecule has 0 atom stereocenters. The van der Waals surface area contributed by atoms with Gasteiger partial charge in [-0.2, -0.15) is 0 Å². The summed E-state index contributed by atoms with van der Waals surface area (Å²) in [6, 6.07) is 13.5. The molecular weight excluding hydrogens is 250 g/mol. The van der Waals surface area contributed by atoms with Gasteiger partial charge in [-0.25, -0.2) is 0 Å². The molecule has 20 heavy (non-hydrogen) atoms. The third-order valence-electron chi connectivity index (χ3n) is 3.07. The molecule has 2 rings (SSSR count). The molecule has 0 aliphatic rings. The van der Waals surface area contributed by atoms with Crippen LogP contribution in [0.3, 0.4) is 0 Å². The van der Waals surface area contributed by atoms with E-state index < -0.39 is 0 Å². The Balaban J connectivity index is 2.28. The van der Waals surface area contributed by atoms with Gasteiger partial charge in [0.2, 0.25) is 0 Å². The van der Waals surface area contributed by atoms with Crippen molar-refractivity contribution < 1.29 is 9.47 Å². The van der Waals surface area contributed by atoms with Crippen molar-refractivity contribution in [2.75, 3.05) is 12.8 Å². The molecule has 2 aromatic rings. The highest BCUT2D eigenvalue weighted by atomic mass is 16.5. The van der Waals surface area contributed by atoms with Gasteiger partial charge in [-0.3, -0.25) is 0 Å². The second-order valence-electron chi connectivity index (χ2n) is 5.82. The highest BCUT2D eigenvalue weighted by molar-refractivity contribution is 5.51. The fraction of sp³-hybridized carbons (Fsp3) is 0.294. The summed E-state index contributed by atoms with van der Waals surface area (Å²) >= 11 is 0. The number of benzene rings is 2. The molecule has 0 amide bonds. The Bertz CT molecular complexity index is 600. The van der Waals surface area contributed by atoms with Crippen LogP contribution < -0.4 is 15.2 Å². The van der Waals surface area contributed by atoms with Gasteiger partial charge >= 0.3 is 0 Å². The van der Waals surface area contributed by atoms with Crippen molar-refractivity contribution in [2.45, 2.75) is 26.2 Å². The Morgan fingerprint density at radius 1 is 0.900 bits per heavy atom. The van der Waals surface area contributed by atoms with Crippen LogP contribution in [0.1, 0.15) is 26.3 Å². The first-order valence-corrected chi connectivity index (χ1v) is 6.61. The standard InChI is InChI=1S/C17H21NO2/c1-17(2,3)12-6-5-7-14(8-12)20-16-10-13(18)9-15(11-16)19-4/h5-11H,18H2,1-4H3. The molecule has 106 valence electrons. The Labute approximate surface area is 120 Å². The van der Waals surface area contributed by atoms with Gasteiger partial charge in [0.25, 0.3) is 0 Å². The number of anilines is 1. The Morgan fingerprint density at radius 2 is 1.60 bits per heavy atom. The van der Waals surface area contributed by atoms with Gasteiger partial charge in [0.1, 0.15) is 17.2 Å². The lowest BCUT2D eigenvalue weighted by Gasteiger charge is -2.19. The summed E-state index contributed by atoms with van der Waals surface area (Å²) in [5.74, 6) is 2.16. The van der Waals surface area contributed by atoms with Crippen molar-refractivity contribution in [2.24, 2.45) is 0 Å². The molecule has 0 fully saturated rings. The van der Waals surface area contributed by atoms with Crippen LogP contribution in [0.2, 0.25) is 0 Å². The summed E-state index contributed by atoms with van der Waals surface area (Å²) < 4.78 is 11.1. The smallest absolute Gasteiger partial charge is 0.133 e. The molecule has 2 aromatic carbocycles. The third-order valence-corrected chi connectivity index (χ3v) is 3.07. The molecule has 0 saturated carbocycles. The van der Waals surface area contributed by atoms with Gasteiger partial charge in [-0.05, 0) is 23.1 Å².